The molecule has 1 heterocycles. The van der Waals surface area contributed by atoms with Crippen LogP contribution < -0.4 is 0 Å². The molecule has 0 aromatic carbocycles. The fraction of sp³-hybridized carbons (Fsp3) is 0.846. The molecule has 1 saturated heterocycles. The first-order valence-corrected chi connectivity index (χ1v) is 6.25. The van der Waals surface area contributed by atoms with Gasteiger partial charge in [0, 0.05) is 6.04 Å². The number of hydrogen-bond acceptors (Lipinski definition) is 2. The van der Waals surface area contributed by atoms with E-state index in [4.69, 9.17) is 0 Å². The highest BCUT2D eigenvalue weighted by Gasteiger charge is 2.29. The Bertz CT molecular complexity index is 181. The second-order valence-corrected chi connectivity index (χ2v) is 4.69. The number of nitrogens with zero attached hydrogens (tertiary/aromatic N) is 1. The molecule has 0 saturated carbocycles. The van der Waals surface area contributed by atoms with Crippen LogP contribution in [-0.4, -0.2) is 35.7 Å². The summed E-state index contributed by atoms with van der Waals surface area (Å²) in [5.41, 5.74) is 0. The van der Waals surface area contributed by atoms with Crippen LogP contribution in [-0.2, 0) is 0 Å². The molecular weight excluding hydrogens is 186 g/mol. The predicted molar refractivity (Wildman–Crippen MR) is 64.9 cm³/mol. The largest absolute Gasteiger partial charge is 0.395 e. The molecule has 2 unspecified atom stereocenters. The number of rotatable bonds is 7. The Kier molecular flexibility index (Phi) is 5.96. The first-order valence-electron chi connectivity index (χ1n) is 6.25. The fourth-order valence-electron chi connectivity index (χ4n) is 2.44. The molecule has 0 aliphatic carbocycles. The smallest absolute Gasteiger partial charge is 0.0589 e. The molecule has 88 valence electrons. The molecule has 0 aromatic heterocycles. The molecule has 2 atom stereocenters. The van der Waals surface area contributed by atoms with Crippen LogP contribution in [0.15, 0.2) is 12.7 Å². The average Bonchev–Trinajstić information content (AvgIpc) is 2.59. The van der Waals surface area contributed by atoms with Crippen LogP contribution in [0.3, 0.4) is 0 Å². The van der Waals surface area contributed by atoms with Gasteiger partial charge >= 0.3 is 0 Å². The minimum atomic E-state index is 0.327. The molecule has 15 heavy (non-hydrogen) atoms. The van der Waals surface area contributed by atoms with E-state index in [1.807, 2.05) is 6.08 Å². The van der Waals surface area contributed by atoms with E-state index in [9.17, 15) is 5.11 Å². The summed E-state index contributed by atoms with van der Waals surface area (Å²) in [5.74, 6) is 0.670. The molecule has 1 aliphatic heterocycles. The van der Waals surface area contributed by atoms with E-state index in [0.29, 0.717) is 18.6 Å². The standard InChI is InChI=1S/C13H25NO/c1-3-4-5-6-7-9-14-10-8-12(2)13(14)11-15/h3,12-13,15H,1,4-11H2,2H3. The predicted octanol–water partition coefficient (Wildman–Crippen LogP) is 2.44. The van der Waals surface area contributed by atoms with Gasteiger partial charge in [-0.25, -0.2) is 0 Å². The molecule has 1 fully saturated rings. The van der Waals surface area contributed by atoms with Gasteiger partial charge in [-0.15, -0.1) is 6.58 Å². The van der Waals surface area contributed by atoms with E-state index in [1.165, 1.54) is 32.2 Å². The van der Waals surface area contributed by atoms with Gasteiger partial charge in [-0.2, -0.15) is 0 Å². The maximum absolute atomic E-state index is 9.29. The quantitative estimate of drug-likeness (QED) is 0.516. The van der Waals surface area contributed by atoms with E-state index in [2.05, 4.69) is 18.4 Å². The van der Waals surface area contributed by atoms with Crippen molar-refractivity contribution in [2.24, 2.45) is 5.92 Å². The molecule has 0 aromatic rings. The molecule has 2 nitrogen and oxygen atoms in total. The number of allylic oxidation sites excluding steroid dienone is 1. The van der Waals surface area contributed by atoms with Crippen LogP contribution in [0.1, 0.15) is 39.0 Å². The van der Waals surface area contributed by atoms with Gasteiger partial charge in [0.2, 0.25) is 0 Å². The van der Waals surface area contributed by atoms with E-state index in [1.54, 1.807) is 0 Å². The van der Waals surface area contributed by atoms with Crippen molar-refractivity contribution >= 4 is 0 Å². The van der Waals surface area contributed by atoms with Gasteiger partial charge in [0.15, 0.2) is 0 Å². The molecule has 0 amide bonds. The van der Waals surface area contributed by atoms with Gasteiger partial charge in [-0.1, -0.05) is 19.4 Å². The lowest BCUT2D eigenvalue weighted by Gasteiger charge is -2.24. The molecule has 0 spiro atoms. The van der Waals surface area contributed by atoms with Crippen LogP contribution in [0.4, 0.5) is 0 Å². The Labute approximate surface area is 94.0 Å². The molecule has 2 heteroatoms. The van der Waals surface area contributed by atoms with E-state index in [0.717, 1.165) is 13.0 Å². The van der Waals surface area contributed by atoms with Crippen molar-refractivity contribution in [3.05, 3.63) is 12.7 Å². The highest BCUT2D eigenvalue weighted by atomic mass is 16.3. The third-order valence-corrected chi connectivity index (χ3v) is 3.54. The monoisotopic (exact) mass is 211 g/mol. The summed E-state index contributed by atoms with van der Waals surface area (Å²) in [7, 11) is 0. The van der Waals surface area contributed by atoms with Gasteiger partial charge in [0.05, 0.1) is 6.61 Å². The molecular formula is C13H25NO. The summed E-state index contributed by atoms with van der Waals surface area (Å²) in [6.45, 7) is 8.64. The molecule has 0 bridgehead atoms. The molecule has 1 aliphatic rings. The highest BCUT2D eigenvalue weighted by Crippen LogP contribution is 2.23. The lowest BCUT2D eigenvalue weighted by molar-refractivity contribution is 0.137. The highest BCUT2D eigenvalue weighted by molar-refractivity contribution is 4.83. The molecule has 0 radical (unpaired) electrons. The van der Waals surface area contributed by atoms with E-state index in [-0.39, 0.29) is 0 Å². The van der Waals surface area contributed by atoms with E-state index < -0.39 is 0 Å². The first kappa shape index (κ1) is 12.7. The van der Waals surface area contributed by atoms with Crippen molar-refractivity contribution in [2.75, 3.05) is 19.7 Å². The second-order valence-electron chi connectivity index (χ2n) is 4.69. The minimum Gasteiger partial charge on any atom is -0.395 e. The summed E-state index contributed by atoms with van der Waals surface area (Å²) in [5, 5.41) is 9.29. The SMILES string of the molecule is C=CCCCCCN1CCC(C)C1CO. The van der Waals surface area contributed by atoms with Crippen molar-refractivity contribution in [1.82, 2.24) is 4.90 Å². The number of likely N-dealkylation sites (tertiary alicyclic amines) is 1. The van der Waals surface area contributed by atoms with Crippen LogP contribution in [0.2, 0.25) is 0 Å². The number of aliphatic hydroxyl groups excluding tert-OH is 1. The third-order valence-electron chi connectivity index (χ3n) is 3.54. The number of aliphatic hydroxyl groups is 1. The Morgan fingerprint density at radius 3 is 2.87 bits per heavy atom. The molecule has 1 N–H and O–H groups in total. The third kappa shape index (κ3) is 3.96. The van der Waals surface area contributed by atoms with Gasteiger partial charge in [-0.3, -0.25) is 4.90 Å². The zero-order chi connectivity index (χ0) is 11.1. The molecule has 1 rings (SSSR count). The summed E-state index contributed by atoms with van der Waals surface area (Å²) < 4.78 is 0. The summed E-state index contributed by atoms with van der Waals surface area (Å²) in [6.07, 6.45) is 8.19. The Morgan fingerprint density at radius 1 is 1.40 bits per heavy atom. The lowest BCUT2D eigenvalue weighted by Crippen LogP contribution is -2.35. The van der Waals surface area contributed by atoms with Gasteiger partial charge in [0.1, 0.15) is 0 Å². The summed E-state index contributed by atoms with van der Waals surface area (Å²) in [4.78, 5) is 2.46. The van der Waals surface area contributed by atoms with Gasteiger partial charge in [0.25, 0.3) is 0 Å². The van der Waals surface area contributed by atoms with Crippen LogP contribution in [0.25, 0.3) is 0 Å². The van der Waals surface area contributed by atoms with Gasteiger partial charge in [-0.05, 0) is 44.7 Å². The zero-order valence-electron chi connectivity index (χ0n) is 9.99. The van der Waals surface area contributed by atoms with Gasteiger partial charge < -0.3 is 5.11 Å². The summed E-state index contributed by atoms with van der Waals surface area (Å²) in [6, 6.07) is 0.421. The van der Waals surface area contributed by atoms with Crippen LogP contribution >= 0.6 is 0 Å². The van der Waals surface area contributed by atoms with E-state index >= 15 is 0 Å². The number of hydrogen-bond donors (Lipinski definition) is 1. The maximum Gasteiger partial charge on any atom is 0.0589 e. The Morgan fingerprint density at radius 2 is 2.20 bits per heavy atom. The lowest BCUT2D eigenvalue weighted by atomic mass is 10.0. The average molecular weight is 211 g/mol. The zero-order valence-corrected chi connectivity index (χ0v) is 9.99. The van der Waals surface area contributed by atoms with Crippen molar-refractivity contribution in [1.29, 1.82) is 0 Å². The number of unbranched alkanes of at least 4 members (excludes halogenated alkanes) is 3. The first-order chi connectivity index (χ1) is 7.29. The second kappa shape index (κ2) is 7.02. The fourth-order valence-corrected chi connectivity index (χ4v) is 2.44. The van der Waals surface area contributed by atoms with Crippen molar-refractivity contribution in [2.45, 2.75) is 45.1 Å². The van der Waals surface area contributed by atoms with Crippen LogP contribution in [0.5, 0.6) is 0 Å². The van der Waals surface area contributed by atoms with Crippen LogP contribution in [0, 0.1) is 5.92 Å². The normalized spacial score (nSPS) is 27.1. The summed E-state index contributed by atoms with van der Waals surface area (Å²) >= 11 is 0. The maximum atomic E-state index is 9.29. The Hall–Kier alpha value is -0.340. The van der Waals surface area contributed by atoms with Crippen molar-refractivity contribution < 1.29 is 5.11 Å². The van der Waals surface area contributed by atoms with Crippen molar-refractivity contribution in [3.63, 3.8) is 0 Å². The topological polar surface area (TPSA) is 23.5 Å². The Balaban J connectivity index is 2.12. The minimum absolute atomic E-state index is 0.327. The van der Waals surface area contributed by atoms with Crippen molar-refractivity contribution in [3.8, 4) is 0 Å².